The fourth-order valence-corrected chi connectivity index (χ4v) is 4.37. The number of sulfonamides is 1. The molecule has 0 spiro atoms. The van der Waals surface area contributed by atoms with Crippen molar-refractivity contribution < 1.29 is 13.2 Å². The number of hydrogen-bond acceptors (Lipinski definition) is 5. The maximum absolute atomic E-state index is 12.7. The van der Waals surface area contributed by atoms with E-state index in [4.69, 9.17) is 9.72 Å². The van der Waals surface area contributed by atoms with Crippen LogP contribution in [0.5, 0.6) is 5.75 Å². The molecule has 160 valence electrons. The summed E-state index contributed by atoms with van der Waals surface area (Å²) in [5, 5.41) is 0. The molecule has 2 aromatic heterocycles. The Labute approximate surface area is 181 Å². The van der Waals surface area contributed by atoms with Crippen LogP contribution in [0.15, 0.2) is 71.8 Å². The second kappa shape index (κ2) is 8.87. The van der Waals surface area contributed by atoms with E-state index >= 15 is 0 Å². The normalized spacial score (nSPS) is 11.7. The maximum Gasteiger partial charge on any atom is 0.240 e. The lowest BCUT2D eigenvalue weighted by Gasteiger charge is -2.11. The Hall–Kier alpha value is -3.23. The van der Waals surface area contributed by atoms with E-state index in [1.807, 2.05) is 54.8 Å². The molecule has 0 bridgehead atoms. The minimum atomic E-state index is -3.64. The SMILES string of the molecule is CCOc1ccc(S(=O)(=O)NCCn2c(-c3ccc(C)cc3)nc3cccnc32)cc1. The van der Waals surface area contributed by atoms with Gasteiger partial charge in [0.15, 0.2) is 5.65 Å². The summed E-state index contributed by atoms with van der Waals surface area (Å²) in [6, 6.07) is 18.2. The first-order valence-corrected chi connectivity index (χ1v) is 11.6. The van der Waals surface area contributed by atoms with Crippen LogP contribution in [0, 0.1) is 6.92 Å². The third kappa shape index (κ3) is 4.60. The van der Waals surface area contributed by atoms with E-state index < -0.39 is 10.0 Å². The number of nitrogens with one attached hydrogen (secondary N) is 1. The molecule has 4 rings (SSSR count). The molecule has 0 atom stereocenters. The van der Waals surface area contributed by atoms with Gasteiger partial charge in [-0.3, -0.25) is 0 Å². The predicted molar refractivity (Wildman–Crippen MR) is 121 cm³/mol. The van der Waals surface area contributed by atoms with Crippen LogP contribution in [0.1, 0.15) is 12.5 Å². The Kier molecular flexibility index (Phi) is 6.01. The van der Waals surface area contributed by atoms with Crippen LogP contribution in [0.2, 0.25) is 0 Å². The molecule has 0 saturated carbocycles. The largest absolute Gasteiger partial charge is 0.494 e. The summed E-state index contributed by atoms with van der Waals surface area (Å²) in [5.74, 6) is 1.40. The molecule has 2 heterocycles. The van der Waals surface area contributed by atoms with Gasteiger partial charge < -0.3 is 9.30 Å². The average Bonchev–Trinajstić information content (AvgIpc) is 3.13. The fraction of sp³-hybridized carbons (Fsp3) is 0.217. The molecule has 0 amide bonds. The van der Waals surface area contributed by atoms with Crippen molar-refractivity contribution >= 4 is 21.2 Å². The molecule has 4 aromatic rings. The minimum absolute atomic E-state index is 0.198. The number of ether oxygens (including phenoxy) is 1. The van der Waals surface area contributed by atoms with Crippen LogP contribution in [-0.2, 0) is 16.6 Å². The van der Waals surface area contributed by atoms with Crippen LogP contribution in [0.4, 0.5) is 0 Å². The van der Waals surface area contributed by atoms with E-state index in [0.29, 0.717) is 18.9 Å². The van der Waals surface area contributed by atoms with Crippen molar-refractivity contribution in [1.29, 1.82) is 0 Å². The topological polar surface area (TPSA) is 86.1 Å². The van der Waals surface area contributed by atoms with Gasteiger partial charge in [0.1, 0.15) is 17.1 Å². The summed E-state index contributed by atoms with van der Waals surface area (Å²) >= 11 is 0. The van der Waals surface area contributed by atoms with Crippen molar-refractivity contribution in [3.63, 3.8) is 0 Å². The zero-order valence-electron chi connectivity index (χ0n) is 17.4. The molecule has 0 aliphatic heterocycles. The molecule has 2 aromatic carbocycles. The molecule has 8 heteroatoms. The maximum atomic E-state index is 12.7. The summed E-state index contributed by atoms with van der Waals surface area (Å²) in [5.41, 5.74) is 3.61. The lowest BCUT2D eigenvalue weighted by atomic mass is 10.1. The minimum Gasteiger partial charge on any atom is -0.494 e. The van der Waals surface area contributed by atoms with Gasteiger partial charge in [-0.2, -0.15) is 0 Å². The number of hydrogen-bond donors (Lipinski definition) is 1. The third-order valence-corrected chi connectivity index (χ3v) is 6.36. The molecule has 1 N–H and O–H groups in total. The zero-order chi connectivity index (χ0) is 21.8. The van der Waals surface area contributed by atoms with Gasteiger partial charge in [-0.1, -0.05) is 29.8 Å². The quantitative estimate of drug-likeness (QED) is 0.454. The Balaban J connectivity index is 1.56. The Morgan fingerprint density at radius 1 is 1.03 bits per heavy atom. The highest BCUT2D eigenvalue weighted by molar-refractivity contribution is 7.89. The number of nitrogens with zero attached hydrogens (tertiary/aromatic N) is 3. The van der Waals surface area contributed by atoms with Gasteiger partial charge in [0.05, 0.1) is 11.5 Å². The molecule has 31 heavy (non-hydrogen) atoms. The van der Waals surface area contributed by atoms with Gasteiger partial charge in [-0.05, 0) is 50.2 Å². The van der Waals surface area contributed by atoms with Gasteiger partial charge in [-0.25, -0.2) is 23.1 Å². The number of imidazole rings is 1. The summed E-state index contributed by atoms with van der Waals surface area (Å²) < 4.78 is 35.4. The Morgan fingerprint density at radius 3 is 2.48 bits per heavy atom. The number of aromatic nitrogens is 3. The standard InChI is InChI=1S/C23H24N4O3S/c1-3-30-19-10-12-20(13-11-19)31(28,29)25-15-16-27-22(18-8-6-17(2)7-9-18)26-21-5-4-14-24-23(21)27/h4-14,25H,3,15-16H2,1-2H3. The molecule has 0 unspecified atom stereocenters. The Morgan fingerprint density at radius 2 is 1.77 bits per heavy atom. The first-order valence-electron chi connectivity index (χ1n) is 10.1. The number of aryl methyl sites for hydroxylation is 1. The van der Waals surface area contributed by atoms with Crippen LogP contribution in [0.3, 0.4) is 0 Å². The summed E-state index contributed by atoms with van der Waals surface area (Å²) in [6.45, 7) is 5.04. The molecular weight excluding hydrogens is 412 g/mol. The monoisotopic (exact) mass is 436 g/mol. The molecule has 0 fully saturated rings. The fourth-order valence-electron chi connectivity index (χ4n) is 3.35. The number of benzene rings is 2. The smallest absolute Gasteiger partial charge is 0.240 e. The molecule has 0 saturated heterocycles. The Bertz CT molecular complexity index is 1280. The number of fused-ring (bicyclic) bond motifs is 1. The first kappa shape index (κ1) is 21.0. The van der Waals surface area contributed by atoms with Crippen LogP contribution < -0.4 is 9.46 Å². The lowest BCUT2D eigenvalue weighted by molar-refractivity contribution is 0.340. The highest BCUT2D eigenvalue weighted by Gasteiger charge is 2.16. The van der Waals surface area contributed by atoms with Gasteiger partial charge in [-0.15, -0.1) is 0 Å². The van der Waals surface area contributed by atoms with Crippen molar-refractivity contribution in [2.45, 2.75) is 25.3 Å². The lowest BCUT2D eigenvalue weighted by Crippen LogP contribution is -2.27. The van der Waals surface area contributed by atoms with E-state index in [1.54, 1.807) is 30.5 Å². The summed E-state index contributed by atoms with van der Waals surface area (Å²) in [7, 11) is -3.64. The summed E-state index contributed by atoms with van der Waals surface area (Å²) in [6.07, 6.45) is 1.71. The second-order valence-electron chi connectivity index (χ2n) is 7.10. The van der Waals surface area contributed by atoms with Crippen LogP contribution in [-0.4, -0.2) is 36.1 Å². The van der Waals surface area contributed by atoms with Crippen molar-refractivity contribution in [1.82, 2.24) is 19.3 Å². The van der Waals surface area contributed by atoms with Gasteiger partial charge in [0.25, 0.3) is 0 Å². The second-order valence-corrected chi connectivity index (χ2v) is 8.87. The number of pyridine rings is 1. The highest BCUT2D eigenvalue weighted by atomic mass is 32.2. The first-order chi connectivity index (χ1) is 15.0. The van der Waals surface area contributed by atoms with E-state index in [2.05, 4.69) is 9.71 Å². The third-order valence-electron chi connectivity index (χ3n) is 4.89. The van der Waals surface area contributed by atoms with Gasteiger partial charge in [0.2, 0.25) is 10.0 Å². The molecule has 0 aliphatic rings. The predicted octanol–water partition coefficient (Wildman–Crippen LogP) is 3.78. The van der Waals surface area contributed by atoms with E-state index in [9.17, 15) is 8.42 Å². The molecular formula is C23H24N4O3S. The highest BCUT2D eigenvalue weighted by Crippen LogP contribution is 2.24. The van der Waals surface area contributed by atoms with Crippen molar-refractivity contribution in [2.24, 2.45) is 0 Å². The average molecular weight is 437 g/mol. The van der Waals surface area contributed by atoms with Crippen molar-refractivity contribution in [2.75, 3.05) is 13.2 Å². The van der Waals surface area contributed by atoms with Crippen LogP contribution >= 0.6 is 0 Å². The molecule has 7 nitrogen and oxygen atoms in total. The van der Waals surface area contributed by atoms with Crippen molar-refractivity contribution in [3.05, 3.63) is 72.4 Å². The van der Waals surface area contributed by atoms with Crippen LogP contribution in [0.25, 0.3) is 22.6 Å². The molecule has 0 radical (unpaired) electrons. The van der Waals surface area contributed by atoms with E-state index in [-0.39, 0.29) is 11.4 Å². The van der Waals surface area contributed by atoms with E-state index in [1.165, 1.54) is 0 Å². The van der Waals surface area contributed by atoms with Gasteiger partial charge in [0, 0.05) is 24.8 Å². The molecule has 0 aliphatic carbocycles. The zero-order valence-corrected chi connectivity index (χ0v) is 18.3. The van der Waals surface area contributed by atoms with E-state index in [0.717, 1.165) is 28.1 Å². The number of rotatable bonds is 8. The summed E-state index contributed by atoms with van der Waals surface area (Å²) in [4.78, 5) is 9.37. The van der Waals surface area contributed by atoms with Gasteiger partial charge >= 0.3 is 0 Å². The van der Waals surface area contributed by atoms with Crippen molar-refractivity contribution in [3.8, 4) is 17.1 Å².